The summed E-state index contributed by atoms with van der Waals surface area (Å²) in [4.78, 5) is 11.2. The zero-order chi connectivity index (χ0) is 11.5. The van der Waals surface area contributed by atoms with Crippen molar-refractivity contribution < 1.29 is 0 Å². The molecular formula is C14H10N2Se. The van der Waals surface area contributed by atoms with Crippen LogP contribution in [0, 0.1) is 0 Å². The molecule has 17 heavy (non-hydrogen) atoms. The molecule has 0 aliphatic heterocycles. The summed E-state index contributed by atoms with van der Waals surface area (Å²) < 4.78 is 1.33. The first-order valence-electron chi connectivity index (χ1n) is 5.36. The average molecular weight is 285 g/mol. The summed E-state index contributed by atoms with van der Waals surface area (Å²) in [6.07, 6.45) is 1.80. The van der Waals surface area contributed by atoms with E-state index in [9.17, 15) is 0 Å². The van der Waals surface area contributed by atoms with Crippen molar-refractivity contribution in [1.82, 2.24) is 9.97 Å². The van der Waals surface area contributed by atoms with E-state index >= 15 is 0 Å². The van der Waals surface area contributed by atoms with Crippen LogP contribution in [0.1, 0.15) is 0 Å². The Bertz CT molecular complexity index is 603. The molecule has 0 aliphatic rings. The Balaban J connectivity index is 2.06. The summed E-state index contributed by atoms with van der Waals surface area (Å²) in [5.41, 5.74) is 2.93. The van der Waals surface area contributed by atoms with E-state index in [-0.39, 0.29) is 0 Å². The molecule has 0 radical (unpaired) electrons. The zero-order valence-corrected chi connectivity index (χ0v) is 10.8. The molecule has 0 aliphatic carbocycles. The molecule has 0 aromatic carbocycles. The first kappa shape index (κ1) is 10.5. The number of nitrogens with zero attached hydrogens (tertiary/aromatic N) is 2. The van der Waals surface area contributed by atoms with Gasteiger partial charge in [0.1, 0.15) is 0 Å². The van der Waals surface area contributed by atoms with Crippen molar-refractivity contribution in [2.45, 2.75) is 0 Å². The quantitative estimate of drug-likeness (QED) is 0.677. The predicted octanol–water partition coefficient (Wildman–Crippen LogP) is 2.87. The molecule has 3 aromatic rings. The Labute approximate surface area is 106 Å². The van der Waals surface area contributed by atoms with Gasteiger partial charge in [0.2, 0.25) is 0 Å². The maximum absolute atomic E-state index is 4.67. The predicted molar refractivity (Wildman–Crippen MR) is 69.8 cm³/mol. The molecule has 0 saturated heterocycles. The number of pyridine rings is 2. The van der Waals surface area contributed by atoms with E-state index in [1.165, 1.54) is 4.44 Å². The van der Waals surface area contributed by atoms with Crippen molar-refractivity contribution in [1.29, 1.82) is 0 Å². The molecule has 3 aromatic heterocycles. The maximum atomic E-state index is 4.67. The average Bonchev–Trinajstić information content (AvgIpc) is 2.94. The molecular weight excluding hydrogens is 275 g/mol. The molecule has 3 heterocycles. The summed E-state index contributed by atoms with van der Waals surface area (Å²) in [6.45, 7) is 0. The van der Waals surface area contributed by atoms with Crippen LogP contribution >= 0.6 is 0 Å². The van der Waals surface area contributed by atoms with Crippen molar-refractivity contribution in [3.63, 3.8) is 0 Å². The van der Waals surface area contributed by atoms with Gasteiger partial charge >= 0.3 is 106 Å². The first-order chi connectivity index (χ1) is 8.43. The van der Waals surface area contributed by atoms with Gasteiger partial charge < -0.3 is 0 Å². The van der Waals surface area contributed by atoms with Crippen molar-refractivity contribution in [2.75, 3.05) is 0 Å². The van der Waals surface area contributed by atoms with Gasteiger partial charge in [-0.1, -0.05) is 0 Å². The van der Waals surface area contributed by atoms with Crippen molar-refractivity contribution in [3.05, 3.63) is 59.7 Å². The van der Waals surface area contributed by atoms with E-state index in [0.717, 1.165) is 17.1 Å². The molecule has 82 valence electrons. The van der Waals surface area contributed by atoms with Gasteiger partial charge in [0.15, 0.2) is 0 Å². The topological polar surface area (TPSA) is 25.8 Å². The van der Waals surface area contributed by atoms with Crippen LogP contribution in [0.15, 0.2) is 59.7 Å². The van der Waals surface area contributed by atoms with Gasteiger partial charge in [-0.2, -0.15) is 0 Å². The summed E-state index contributed by atoms with van der Waals surface area (Å²) in [5.74, 6) is 0. The van der Waals surface area contributed by atoms with Crippen molar-refractivity contribution >= 4 is 14.5 Å². The van der Waals surface area contributed by atoms with Crippen LogP contribution in [0.3, 0.4) is 0 Å². The molecule has 0 spiro atoms. The second-order valence-corrected chi connectivity index (χ2v) is 5.59. The van der Waals surface area contributed by atoms with Crippen LogP contribution in [0.2, 0.25) is 0 Å². The molecule has 0 bridgehead atoms. The van der Waals surface area contributed by atoms with E-state index in [1.54, 1.807) is 6.20 Å². The SMILES string of the molecule is c1ccc(-c2cccc(-c3ccc[se]3)n2)nc1. The molecule has 3 heteroatoms. The molecule has 0 N–H and O–H groups in total. The Morgan fingerprint density at radius 3 is 2.41 bits per heavy atom. The van der Waals surface area contributed by atoms with Gasteiger partial charge in [-0.05, 0) is 0 Å². The van der Waals surface area contributed by atoms with Crippen LogP contribution in [-0.2, 0) is 0 Å². The van der Waals surface area contributed by atoms with Crippen LogP contribution in [0.4, 0.5) is 0 Å². The van der Waals surface area contributed by atoms with Crippen LogP contribution in [0.25, 0.3) is 21.5 Å². The van der Waals surface area contributed by atoms with E-state index in [2.05, 4.69) is 33.1 Å². The second-order valence-electron chi connectivity index (χ2n) is 3.60. The van der Waals surface area contributed by atoms with Crippen LogP contribution in [-0.4, -0.2) is 24.5 Å². The minimum absolute atomic E-state index is 0.426. The van der Waals surface area contributed by atoms with Gasteiger partial charge in [0.25, 0.3) is 0 Å². The summed E-state index contributed by atoms with van der Waals surface area (Å²) in [5, 5.41) is 0. The summed E-state index contributed by atoms with van der Waals surface area (Å²) in [7, 11) is 0. The second kappa shape index (κ2) is 4.66. The number of rotatable bonds is 2. The van der Waals surface area contributed by atoms with Crippen LogP contribution in [0.5, 0.6) is 0 Å². The molecule has 0 fully saturated rings. The Hall–Kier alpha value is -1.70. The summed E-state index contributed by atoms with van der Waals surface area (Å²) in [6, 6.07) is 16.2. The number of aromatic nitrogens is 2. The van der Waals surface area contributed by atoms with Gasteiger partial charge in [-0.25, -0.2) is 0 Å². The van der Waals surface area contributed by atoms with Crippen LogP contribution < -0.4 is 0 Å². The Morgan fingerprint density at radius 2 is 1.65 bits per heavy atom. The van der Waals surface area contributed by atoms with E-state index in [4.69, 9.17) is 0 Å². The van der Waals surface area contributed by atoms with Gasteiger partial charge in [-0.15, -0.1) is 0 Å². The monoisotopic (exact) mass is 286 g/mol. The third kappa shape index (κ3) is 2.21. The first-order valence-corrected chi connectivity index (χ1v) is 7.20. The van der Waals surface area contributed by atoms with E-state index in [1.807, 2.05) is 30.3 Å². The molecule has 0 saturated carbocycles. The number of hydrogen-bond acceptors (Lipinski definition) is 2. The fourth-order valence-electron chi connectivity index (χ4n) is 1.65. The molecule has 0 unspecified atom stereocenters. The fraction of sp³-hybridized carbons (Fsp3) is 0. The van der Waals surface area contributed by atoms with Crippen molar-refractivity contribution in [3.8, 4) is 21.5 Å². The van der Waals surface area contributed by atoms with E-state index < -0.39 is 0 Å². The third-order valence-electron chi connectivity index (χ3n) is 2.45. The van der Waals surface area contributed by atoms with E-state index in [0.29, 0.717) is 14.5 Å². The standard InChI is InChI=1S/C14H10N2Se/c1-2-9-15-11(5-1)12-6-3-7-13(16-12)14-8-4-10-17-14/h1-10H. The fourth-order valence-corrected chi connectivity index (χ4v) is 3.11. The molecule has 0 atom stereocenters. The molecule has 2 nitrogen and oxygen atoms in total. The Morgan fingerprint density at radius 1 is 0.765 bits per heavy atom. The molecule has 3 rings (SSSR count). The third-order valence-corrected chi connectivity index (χ3v) is 4.32. The minimum atomic E-state index is 0.426. The van der Waals surface area contributed by atoms with Crippen molar-refractivity contribution in [2.24, 2.45) is 0 Å². The molecule has 0 amide bonds. The number of hydrogen-bond donors (Lipinski definition) is 0. The van der Waals surface area contributed by atoms with Gasteiger partial charge in [-0.3, -0.25) is 0 Å². The summed E-state index contributed by atoms with van der Waals surface area (Å²) >= 11 is 0.426. The van der Waals surface area contributed by atoms with Gasteiger partial charge in [0, 0.05) is 0 Å². The normalized spacial score (nSPS) is 10.4. The van der Waals surface area contributed by atoms with Gasteiger partial charge in [0.05, 0.1) is 0 Å². The zero-order valence-electron chi connectivity index (χ0n) is 9.08. The Kier molecular flexibility index (Phi) is 2.86.